The van der Waals surface area contributed by atoms with Crippen LogP contribution in [0.15, 0.2) is 18.2 Å². The lowest BCUT2D eigenvalue weighted by molar-refractivity contribution is -0.156. The smallest absolute Gasteiger partial charge is 0.426 e. The van der Waals surface area contributed by atoms with Crippen LogP contribution < -0.4 is 15.4 Å². The van der Waals surface area contributed by atoms with E-state index in [1.54, 1.807) is 6.07 Å². The Morgan fingerprint density at radius 1 is 1.08 bits per heavy atom. The minimum absolute atomic E-state index is 0.124. The Labute approximate surface area is 230 Å². The number of unbranched alkanes of at least 4 members (excludes halogenated alkanes) is 1. The van der Waals surface area contributed by atoms with Gasteiger partial charge >= 0.3 is 12.1 Å². The second-order valence-electron chi connectivity index (χ2n) is 11.1. The van der Waals surface area contributed by atoms with E-state index in [0.717, 1.165) is 19.4 Å². The van der Waals surface area contributed by atoms with Gasteiger partial charge in [-0.1, -0.05) is 18.9 Å². The molecule has 1 aromatic carbocycles. The molecule has 10 nitrogen and oxygen atoms in total. The first-order valence-electron chi connectivity index (χ1n) is 14.1. The van der Waals surface area contributed by atoms with E-state index in [4.69, 9.17) is 14.2 Å². The van der Waals surface area contributed by atoms with Crippen molar-refractivity contribution in [2.75, 3.05) is 26.9 Å². The van der Waals surface area contributed by atoms with E-state index < -0.39 is 25.0 Å². The highest BCUT2D eigenvalue weighted by atomic mass is 16.8. The lowest BCUT2D eigenvalue weighted by Crippen LogP contribution is -2.59. The van der Waals surface area contributed by atoms with Crippen LogP contribution in [-0.2, 0) is 35.7 Å². The summed E-state index contributed by atoms with van der Waals surface area (Å²) in [5.74, 6) is -0.147. The van der Waals surface area contributed by atoms with Crippen molar-refractivity contribution < 1.29 is 33.4 Å². The number of carbonyl (C=O) groups excluding carboxylic acids is 4. The molecule has 2 bridgehead atoms. The zero-order valence-corrected chi connectivity index (χ0v) is 23.3. The Balaban J connectivity index is 1.30. The van der Waals surface area contributed by atoms with Crippen LogP contribution >= 0.6 is 0 Å². The fourth-order valence-corrected chi connectivity index (χ4v) is 6.83. The molecular weight excluding hydrogens is 502 g/mol. The largest absolute Gasteiger partial charge is 0.516 e. The predicted molar refractivity (Wildman–Crippen MR) is 143 cm³/mol. The van der Waals surface area contributed by atoms with E-state index in [-0.39, 0.29) is 17.2 Å². The van der Waals surface area contributed by atoms with Crippen molar-refractivity contribution in [3.63, 3.8) is 0 Å². The van der Waals surface area contributed by atoms with Gasteiger partial charge in [0.1, 0.15) is 11.8 Å². The highest BCUT2D eigenvalue weighted by Gasteiger charge is 2.53. The maximum absolute atomic E-state index is 12.5. The van der Waals surface area contributed by atoms with Crippen molar-refractivity contribution in [1.82, 2.24) is 15.5 Å². The van der Waals surface area contributed by atoms with Crippen LogP contribution in [0.1, 0.15) is 76.3 Å². The van der Waals surface area contributed by atoms with Gasteiger partial charge in [-0.3, -0.25) is 9.59 Å². The van der Waals surface area contributed by atoms with Crippen molar-refractivity contribution in [3.05, 3.63) is 29.3 Å². The molecule has 2 amide bonds. The molecule has 2 aliphatic carbocycles. The number of rotatable bonds is 10. The van der Waals surface area contributed by atoms with Gasteiger partial charge in [-0.15, -0.1) is 0 Å². The van der Waals surface area contributed by atoms with Gasteiger partial charge in [-0.2, -0.15) is 0 Å². The zero-order valence-electron chi connectivity index (χ0n) is 23.3. The van der Waals surface area contributed by atoms with Gasteiger partial charge < -0.3 is 29.7 Å². The first-order valence-corrected chi connectivity index (χ1v) is 14.1. The molecule has 3 aliphatic rings. The molecule has 214 valence electrons. The van der Waals surface area contributed by atoms with Crippen molar-refractivity contribution in [3.8, 4) is 5.75 Å². The first-order chi connectivity index (χ1) is 18.7. The monoisotopic (exact) mass is 543 g/mol. The van der Waals surface area contributed by atoms with Gasteiger partial charge in [0.25, 0.3) is 0 Å². The maximum Gasteiger partial charge on any atom is 0.516 e. The van der Waals surface area contributed by atoms with Gasteiger partial charge in [0.2, 0.25) is 18.6 Å². The minimum Gasteiger partial charge on any atom is -0.426 e. The molecule has 1 aliphatic heterocycles. The first kappa shape index (κ1) is 28.9. The third-order valence-electron chi connectivity index (χ3n) is 8.62. The maximum atomic E-state index is 12.5. The number of piperidine rings is 1. The standard InChI is InChI=1S/C29H41N3O7/c1-19(33)30-14-7-5-9-25(31-20(2)34)27(35)37-18-38-28(36)39-22-11-10-21-16-26-23-8-4-6-12-29(23,24(21)17-22)13-15-32(26)3/h10-11,17,23,25-26H,4-9,12-16,18H2,1-3H3,(H,30,33)(H,31,34)/t23-,25?,26?,29+/m0/s1. The number of likely N-dealkylation sites (N-methyl/N-ethyl adjacent to an activating group) is 1. The molecule has 2 unspecified atom stereocenters. The summed E-state index contributed by atoms with van der Waals surface area (Å²) in [6.07, 6.45) is 7.63. The van der Waals surface area contributed by atoms with Crippen LogP contribution in [0.5, 0.6) is 5.75 Å². The number of carbonyl (C=O) groups is 4. The summed E-state index contributed by atoms with van der Waals surface area (Å²) in [7, 11) is 2.24. The molecule has 1 saturated heterocycles. The van der Waals surface area contributed by atoms with E-state index in [1.807, 2.05) is 6.07 Å². The van der Waals surface area contributed by atoms with Crippen molar-refractivity contribution in [2.45, 2.75) is 89.1 Å². The van der Waals surface area contributed by atoms with Crippen LogP contribution in [0, 0.1) is 5.92 Å². The SMILES string of the molecule is CC(=O)NCCCCC(NC(C)=O)C(=O)OCOC(=O)Oc1ccc2c(c1)[C@@]13CCCC[C@H]1C(C2)N(C)CC3. The summed E-state index contributed by atoms with van der Waals surface area (Å²) in [4.78, 5) is 49.9. The summed E-state index contributed by atoms with van der Waals surface area (Å²) in [5, 5.41) is 5.24. The zero-order chi connectivity index (χ0) is 28.0. The number of hydrogen-bond donors (Lipinski definition) is 2. The van der Waals surface area contributed by atoms with Gasteiger partial charge in [-0.25, -0.2) is 9.59 Å². The number of hydrogen-bond acceptors (Lipinski definition) is 8. The Morgan fingerprint density at radius 2 is 1.90 bits per heavy atom. The Kier molecular flexibility index (Phi) is 9.48. The number of amides is 2. The highest BCUT2D eigenvalue weighted by Crippen LogP contribution is 2.55. The summed E-state index contributed by atoms with van der Waals surface area (Å²) in [6, 6.07) is 5.57. The molecule has 4 rings (SSSR count). The number of nitrogens with zero attached hydrogens (tertiary/aromatic N) is 1. The van der Waals surface area contributed by atoms with Gasteiger partial charge in [0.15, 0.2) is 0 Å². The van der Waals surface area contributed by atoms with Crippen LogP contribution in [0.4, 0.5) is 4.79 Å². The molecule has 0 radical (unpaired) electrons. The Bertz CT molecular complexity index is 1080. The van der Waals surface area contributed by atoms with Crippen molar-refractivity contribution >= 4 is 23.9 Å². The third-order valence-corrected chi connectivity index (χ3v) is 8.62. The number of nitrogens with one attached hydrogen (secondary N) is 2. The van der Waals surface area contributed by atoms with Crippen molar-refractivity contribution in [2.24, 2.45) is 5.92 Å². The fraction of sp³-hybridized carbons (Fsp3) is 0.655. The molecule has 0 spiro atoms. The van der Waals surface area contributed by atoms with E-state index in [0.29, 0.717) is 43.5 Å². The summed E-state index contributed by atoms with van der Waals surface area (Å²) >= 11 is 0. The fourth-order valence-electron chi connectivity index (χ4n) is 6.83. The van der Waals surface area contributed by atoms with Gasteiger partial charge in [0, 0.05) is 31.8 Å². The third kappa shape index (κ3) is 6.90. The number of likely N-dealkylation sites (tertiary alicyclic amines) is 1. The number of ether oxygens (including phenoxy) is 3. The molecule has 39 heavy (non-hydrogen) atoms. The average molecular weight is 544 g/mol. The molecule has 10 heteroatoms. The quantitative estimate of drug-likeness (QED) is 0.200. The Hall–Kier alpha value is -3.14. The molecule has 1 aromatic rings. The summed E-state index contributed by atoms with van der Waals surface area (Å²) in [6.45, 7) is 3.68. The topological polar surface area (TPSA) is 123 Å². The highest BCUT2D eigenvalue weighted by molar-refractivity contribution is 5.83. The van der Waals surface area contributed by atoms with E-state index in [1.165, 1.54) is 50.7 Å². The molecule has 0 aromatic heterocycles. The second-order valence-corrected chi connectivity index (χ2v) is 11.1. The molecule has 2 N–H and O–H groups in total. The van der Waals surface area contributed by atoms with E-state index in [2.05, 4.69) is 28.6 Å². The lowest BCUT2D eigenvalue weighted by atomic mass is 9.52. The normalized spacial score (nSPS) is 24.4. The van der Waals surface area contributed by atoms with Gasteiger partial charge in [0.05, 0.1) is 0 Å². The van der Waals surface area contributed by atoms with Crippen LogP contribution in [0.25, 0.3) is 0 Å². The van der Waals surface area contributed by atoms with Crippen LogP contribution in [-0.4, -0.2) is 67.9 Å². The van der Waals surface area contributed by atoms with E-state index in [9.17, 15) is 19.2 Å². The Morgan fingerprint density at radius 3 is 2.67 bits per heavy atom. The van der Waals surface area contributed by atoms with E-state index >= 15 is 0 Å². The van der Waals surface area contributed by atoms with Gasteiger partial charge in [-0.05, 0) is 87.7 Å². The number of fused-ring (bicyclic) bond motifs is 1. The molecule has 2 fully saturated rings. The van der Waals surface area contributed by atoms with Crippen molar-refractivity contribution in [1.29, 1.82) is 0 Å². The summed E-state index contributed by atoms with van der Waals surface area (Å²) in [5.41, 5.74) is 2.79. The summed E-state index contributed by atoms with van der Waals surface area (Å²) < 4.78 is 15.6. The predicted octanol–water partition coefficient (Wildman–Crippen LogP) is 3.20. The minimum atomic E-state index is -0.955. The van der Waals surface area contributed by atoms with Crippen LogP contribution in [0.2, 0.25) is 0 Å². The second kappa shape index (κ2) is 12.8. The molecular formula is C29H41N3O7. The molecule has 1 saturated carbocycles. The molecule has 4 atom stereocenters. The lowest BCUT2D eigenvalue weighted by Gasteiger charge is -2.58. The molecule has 1 heterocycles. The number of esters is 1. The number of benzene rings is 1. The van der Waals surface area contributed by atoms with Crippen LogP contribution in [0.3, 0.4) is 0 Å². The average Bonchev–Trinajstić information content (AvgIpc) is 2.89.